The van der Waals surface area contributed by atoms with Gasteiger partial charge in [0.05, 0.1) is 34.4 Å². The fourth-order valence-corrected chi connectivity index (χ4v) is 7.69. The zero-order valence-corrected chi connectivity index (χ0v) is 43.6. The van der Waals surface area contributed by atoms with E-state index in [9.17, 15) is 14.3 Å². The second-order valence-electron chi connectivity index (χ2n) is 18.5. The summed E-state index contributed by atoms with van der Waals surface area (Å²) in [5, 5.41) is 0. The topological polar surface area (TPSA) is 91.3 Å². The van der Waals surface area contributed by atoms with Gasteiger partial charge in [0.1, 0.15) is 19.3 Å². The van der Waals surface area contributed by atoms with Crippen LogP contribution in [-0.2, 0) is 27.9 Å². The monoisotopic (exact) mass is 931 g/mol. The van der Waals surface area contributed by atoms with E-state index in [1.165, 1.54) is 103 Å². The molecule has 0 amide bonds. The summed E-state index contributed by atoms with van der Waals surface area (Å²) in [7, 11) is 1.63. The summed E-state index contributed by atoms with van der Waals surface area (Å²) in [5.74, 6) is -0.329. The first kappa shape index (κ1) is 62.7. The Bertz CT molecular complexity index is 1310. The van der Waals surface area contributed by atoms with Crippen LogP contribution in [0.15, 0.2) is 85.1 Å². The summed E-state index contributed by atoms with van der Waals surface area (Å²) in [6, 6.07) is 0. The molecule has 0 aromatic rings. The van der Waals surface area contributed by atoms with E-state index in [2.05, 4.69) is 98.9 Å². The van der Waals surface area contributed by atoms with E-state index >= 15 is 0 Å². The first-order valence-corrected chi connectivity index (χ1v) is 27.8. The smallest absolute Gasteiger partial charge is 0.457 e. The number of carbonyl (C=O) groups excluding carboxylic acids is 1. The first-order chi connectivity index (χ1) is 31.6. The number of unbranched alkanes of at least 4 members (excludes halogenated alkanes) is 20. The second-order valence-corrected chi connectivity index (χ2v) is 20.0. The van der Waals surface area contributed by atoms with Crippen LogP contribution in [0.5, 0.6) is 0 Å². The van der Waals surface area contributed by atoms with E-state index in [-0.39, 0.29) is 25.8 Å². The molecule has 2 atom stereocenters. The third kappa shape index (κ3) is 52.5. The highest BCUT2D eigenvalue weighted by Gasteiger charge is 2.26. The summed E-state index contributed by atoms with van der Waals surface area (Å²) >= 11 is 0. The predicted octanol–water partition coefficient (Wildman–Crippen LogP) is 16.4. The molecule has 0 aliphatic rings. The number of esters is 1. The number of nitrogens with zero attached hydrogens (tertiary/aromatic N) is 1. The lowest BCUT2D eigenvalue weighted by molar-refractivity contribution is -0.870. The van der Waals surface area contributed by atoms with Crippen molar-refractivity contribution in [3.05, 3.63) is 85.1 Å². The van der Waals surface area contributed by atoms with Gasteiger partial charge in [-0.05, 0) is 70.6 Å². The average molecular weight is 931 g/mol. The summed E-state index contributed by atoms with van der Waals surface area (Å²) in [6.45, 7) is 5.40. The number of quaternary nitrogens is 1. The van der Waals surface area contributed by atoms with Crippen molar-refractivity contribution in [3.63, 3.8) is 0 Å². The molecule has 0 heterocycles. The largest absolute Gasteiger partial charge is 0.472 e. The van der Waals surface area contributed by atoms with E-state index in [4.69, 9.17) is 18.5 Å². The maximum atomic E-state index is 12.8. The standard InChI is InChI=1S/C56H100NO7P/c1-6-8-10-12-14-16-18-20-22-24-26-27-28-29-30-32-34-36-38-40-42-44-46-48-51-61-53-55(54-63-65(59,60)62-52-50-57(3,4)5)64-56(58)49-47-45-43-41-39-37-35-33-31-25-23-21-19-17-15-13-11-9-7-2/h8,10,14,16,20,22,26-27,29-30,34,36,40,42,55H,6-7,9,11-13,15,17-19,21,23-25,28,31-33,35,37-39,41,43-54H2,1-5H3/p+1/b10-8-,16-14-,22-20-,27-26-,30-29-,36-34-,42-40-. The first-order valence-electron chi connectivity index (χ1n) is 26.3. The van der Waals surface area contributed by atoms with Gasteiger partial charge < -0.3 is 18.9 Å². The molecule has 0 aromatic heterocycles. The van der Waals surface area contributed by atoms with Crippen molar-refractivity contribution >= 4 is 13.8 Å². The summed E-state index contributed by atoms with van der Waals surface area (Å²) in [4.78, 5) is 23.0. The van der Waals surface area contributed by atoms with Crippen LogP contribution in [-0.4, -0.2) is 75.6 Å². The molecule has 9 heteroatoms. The van der Waals surface area contributed by atoms with Crippen LogP contribution >= 0.6 is 7.82 Å². The maximum absolute atomic E-state index is 12.8. The Morgan fingerprint density at radius 2 is 0.892 bits per heavy atom. The summed E-state index contributed by atoms with van der Waals surface area (Å²) in [5.41, 5.74) is 0. The number of hydrogen-bond acceptors (Lipinski definition) is 6. The van der Waals surface area contributed by atoms with E-state index in [1.54, 1.807) is 0 Å². The van der Waals surface area contributed by atoms with Crippen molar-refractivity contribution < 1.29 is 37.3 Å². The van der Waals surface area contributed by atoms with Crippen molar-refractivity contribution in [3.8, 4) is 0 Å². The zero-order chi connectivity index (χ0) is 47.6. The fourth-order valence-electron chi connectivity index (χ4n) is 6.95. The Labute approximate surface area is 401 Å². The van der Waals surface area contributed by atoms with Crippen molar-refractivity contribution in [2.75, 3.05) is 54.1 Å². The van der Waals surface area contributed by atoms with Crippen LogP contribution in [0.1, 0.15) is 206 Å². The molecule has 2 unspecified atom stereocenters. The number of rotatable bonds is 48. The van der Waals surface area contributed by atoms with Gasteiger partial charge in [0, 0.05) is 13.0 Å². The van der Waals surface area contributed by atoms with Crippen LogP contribution in [0.4, 0.5) is 0 Å². The van der Waals surface area contributed by atoms with Gasteiger partial charge in [0.25, 0.3) is 0 Å². The van der Waals surface area contributed by atoms with Crippen LogP contribution in [0.2, 0.25) is 0 Å². The van der Waals surface area contributed by atoms with Crippen LogP contribution < -0.4 is 0 Å². The van der Waals surface area contributed by atoms with Crippen molar-refractivity contribution in [1.29, 1.82) is 0 Å². The molecule has 0 aliphatic heterocycles. The number of ether oxygens (including phenoxy) is 2. The van der Waals surface area contributed by atoms with E-state index in [1.807, 2.05) is 21.1 Å². The minimum Gasteiger partial charge on any atom is -0.457 e. The third-order valence-electron chi connectivity index (χ3n) is 11.0. The van der Waals surface area contributed by atoms with Crippen LogP contribution in [0, 0.1) is 0 Å². The van der Waals surface area contributed by atoms with E-state index in [0.29, 0.717) is 24.1 Å². The Balaban J connectivity index is 4.24. The number of likely N-dealkylation sites (N-methyl/N-ethyl adjacent to an activating group) is 1. The second kappa shape index (κ2) is 48.1. The molecular formula is C56H101NO7P+. The molecule has 0 rings (SSSR count). The van der Waals surface area contributed by atoms with Gasteiger partial charge in [-0.3, -0.25) is 13.8 Å². The minimum absolute atomic E-state index is 0.0769. The van der Waals surface area contributed by atoms with Crippen molar-refractivity contribution in [2.24, 2.45) is 0 Å². The molecule has 65 heavy (non-hydrogen) atoms. The highest BCUT2D eigenvalue weighted by molar-refractivity contribution is 7.47. The van der Waals surface area contributed by atoms with Gasteiger partial charge in [-0.15, -0.1) is 0 Å². The number of allylic oxidation sites excluding steroid dienone is 14. The molecular weight excluding hydrogens is 830 g/mol. The number of phosphoric ester groups is 1. The van der Waals surface area contributed by atoms with Gasteiger partial charge in [0.2, 0.25) is 0 Å². The zero-order valence-electron chi connectivity index (χ0n) is 42.7. The number of carbonyl (C=O) groups is 1. The Hall–Kier alpha value is -2.32. The van der Waals surface area contributed by atoms with E-state index < -0.39 is 13.9 Å². The van der Waals surface area contributed by atoms with Gasteiger partial charge in [-0.1, -0.05) is 214 Å². The quantitative estimate of drug-likeness (QED) is 0.0214. The molecule has 0 aliphatic carbocycles. The fraction of sp³-hybridized carbons (Fsp3) is 0.732. The molecule has 1 N–H and O–H groups in total. The van der Waals surface area contributed by atoms with Gasteiger partial charge in [-0.25, -0.2) is 4.57 Å². The van der Waals surface area contributed by atoms with Gasteiger partial charge in [-0.2, -0.15) is 0 Å². The summed E-state index contributed by atoms with van der Waals surface area (Å²) < 4.78 is 35.1. The molecule has 8 nitrogen and oxygen atoms in total. The average Bonchev–Trinajstić information content (AvgIpc) is 3.27. The highest BCUT2D eigenvalue weighted by atomic mass is 31.2. The lowest BCUT2D eigenvalue weighted by Crippen LogP contribution is -2.37. The van der Waals surface area contributed by atoms with Gasteiger partial charge >= 0.3 is 13.8 Å². The van der Waals surface area contributed by atoms with Crippen molar-refractivity contribution in [1.82, 2.24) is 0 Å². The van der Waals surface area contributed by atoms with Crippen molar-refractivity contribution in [2.45, 2.75) is 213 Å². The Morgan fingerprint density at radius 3 is 1.31 bits per heavy atom. The lowest BCUT2D eigenvalue weighted by Gasteiger charge is -2.24. The maximum Gasteiger partial charge on any atom is 0.472 e. The minimum atomic E-state index is -4.30. The molecule has 0 spiro atoms. The Kier molecular flexibility index (Phi) is 46.4. The summed E-state index contributed by atoms with van der Waals surface area (Å²) in [6.07, 6.45) is 65.0. The molecule has 376 valence electrons. The molecule has 0 fully saturated rings. The normalized spacial score (nSPS) is 14.2. The SMILES string of the molecule is CC/C=C\C/C=C\C/C=C\C/C=C\C/C=C\C/C=C\C/C=C\CCCCOCC(COP(=O)(O)OCC[N+](C)(C)C)OC(=O)CCCCCCCCCCCCCCCCCCCCC. The molecule has 0 aromatic carbocycles. The molecule has 0 radical (unpaired) electrons. The van der Waals surface area contributed by atoms with Crippen LogP contribution in [0.25, 0.3) is 0 Å². The lowest BCUT2D eigenvalue weighted by atomic mass is 10.0. The van der Waals surface area contributed by atoms with E-state index in [0.717, 1.165) is 83.5 Å². The van der Waals surface area contributed by atoms with Crippen LogP contribution in [0.3, 0.4) is 0 Å². The molecule has 0 saturated carbocycles. The number of phosphoric acid groups is 1. The predicted molar refractivity (Wildman–Crippen MR) is 279 cm³/mol. The Morgan fingerprint density at radius 1 is 0.492 bits per heavy atom. The van der Waals surface area contributed by atoms with Gasteiger partial charge in [0.15, 0.2) is 0 Å². The molecule has 0 saturated heterocycles. The molecule has 0 bridgehead atoms. The number of hydrogen-bond donors (Lipinski definition) is 1. The third-order valence-corrected chi connectivity index (χ3v) is 12.0. The highest BCUT2D eigenvalue weighted by Crippen LogP contribution is 2.43.